The van der Waals surface area contributed by atoms with E-state index in [1.807, 2.05) is 0 Å². The first-order valence-electron chi connectivity index (χ1n) is 6.63. The highest BCUT2D eigenvalue weighted by Crippen LogP contribution is 2.57. The highest BCUT2D eigenvalue weighted by Gasteiger charge is 2.56. The van der Waals surface area contributed by atoms with Crippen molar-refractivity contribution in [1.82, 2.24) is 0 Å². The molecular weight excluding hydrogens is 200 g/mol. The van der Waals surface area contributed by atoms with Gasteiger partial charge in [0.15, 0.2) is 0 Å². The summed E-state index contributed by atoms with van der Waals surface area (Å²) in [7, 11) is 0. The number of Topliss-reactive ketones (excluding diaryl/α,β-unsaturated/α-hetero) is 1. The molecule has 1 heterocycles. The SMILES string of the molecule is CC1(C)CC2C(=O)CC[C@H]3O[C@]3(C)CC[C@H]21. The molecule has 0 aromatic rings. The molecule has 1 saturated heterocycles. The van der Waals surface area contributed by atoms with Gasteiger partial charge in [0.2, 0.25) is 0 Å². The molecule has 4 atom stereocenters. The third-order valence-corrected chi connectivity index (χ3v) is 5.29. The van der Waals surface area contributed by atoms with Crippen LogP contribution >= 0.6 is 0 Å². The predicted octanol–water partition coefficient (Wildman–Crippen LogP) is 2.95. The topological polar surface area (TPSA) is 29.6 Å². The molecule has 0 bridgehead atoms. The molecule has 1 aliphatic heterocycles. The third kappa shape index (κ3) is 1.46. The largest absolute Gasteiger partial charge is 0.366 e. The van der Waals surface area contributed by atoms with Crippen molar-refractivity contribution in [3.63, 3.8) is 0 Å². The Balaban J connectivity index is 1.78. The third-order valence-electron chi connectivity index (χ3n) is 5.29. The molecule has 0 amide bonds. The number of fused-ring (bicyclic) bond motifs is 2. The average Bonchev–Trinajstić information content (AvgIpc) is 2.82. The second kappa shape index (κ2) is 3.10. The van der Waals surface area contributed by atoms with Gasteiger partial charge >= 0.3 is 0 Å². The van der Waals surface area contributed by atoms with E-state index in [0.29, 0.717) is 29.1 Å². The molecule has 0 aromatic carbocycles. The Hall–Kier alpha value is -0.370. The van der Waals surface area contributed by atoms with Crippen LogP contribution in [0.2, 0.25) is 0 Å². The summed E-state index contributed by atoms with van der Waals surface area (Å²) in [5.74, 6) is 1.49. The van der Waals surface area contributed by atoms with Crippen LogP contribution in [-0.2, 0) is 9.53 Å². The molecule has 2 heteroatoms. The Labute approximate surface area is 97.7 Å². The molecule has 2 aliphatic carbocycles. The first kappa shape index (κ1) is 10.8. The lowest BCUT2D eigenvalue weighted by atomic mass is 9.53. The van der Waals surface area contributed by atoms with Crippen molar-refractivity contribution >= 4 is 5.78 Å². The first-order chi connectivity index (χ1) is 7.42. The smallest absolute Gasteiger partial charge is 0.136 e. The molecule has 2 nitrogen and oxygen atoms in total. The molecule has 0 spiro atoms. The second-order valence-corrected chi connectivity index (χ2v) is 6.87. The first-order valence-corrected chi connectivity index (χ1v) is 6.63. The zero-order valence-electron chi connectivity index (χ0n) is 10.6. The van der Waals surface area contributed by atoms with E-state index < -0.39 is 0 Å². The number of hydrogen-bond acceptors (Lipinski definition) is 2. The van der Waals surface area contributed by atoms with Crippen LogP contribution < -0.4 is 0 Å². The maximum atomic E-state index is 12.1. The Morgan fingerprint density at radius 1 is 1.25 bits per heavy atom. The predicted molar refractivity (Wildman–Crippen MR) is 62.1 cm³/mol. The summed E-state index contributed by atoms with van der Waals surface area (Å²) in [5.41, 5.74) is 0.492. The van der Waals surface area contributed by atoms with Crippen LogP contribution in [0.3, 0.4) is 0 Å². The lowest BCUT2D eigenvalue weighted by Crippen LogP contribution is -2.47. The summed E-state index contributed by atoms with van der Waals surface area (Å²) in [6, 6.07) is 0. The van der Waals surface area contributed by atoms with E-state index in [2.05, 4.69) is 20.8 Å². The molecule has 90 valence electrons. The van der Waals surface area contributed by atoms with E-state index in [-0.39, 0.29) is 5.60 Å². The number of ketones is 1. The molecule has 3 aliphatic rings. The van der Waals surface area contributed by atoms with Crippen molar-refractivity contribution < 1.29 is 9.53 Å². The van der Waals surface area contributed by atoms with Crippen LogP contribution in [0.1, 0.15) is 52.9 Å². The Bertz CT molecular complexity index is 334. The lowest BCUT2D eigenvalue weighted by molar-refractivity contribution is -0.137. The summed E-state index contributed by atoms with van der Waals surface area (Å²) in [5, 5.41) is 0. The van der Waals surface area contributed by atoms with Crippen LogP contribution in [0.15, 0.2) is 0 Å². The van der Waals surface area contributed by atoms with E-state index in [0.717, 1.165) is 25.7 Å². The standard InChI is InChI=1S/C14H22O2/c1-13(2)8-9-10(13)6-7-14(3)12(16-14)5-4-11(9)15/h9-10,12H,4-8H2,1-3H3/t9?,10-,12-,14-/m1/s1. The van der Waals surface area contributed by atoms with Gasteiger partial charge in [-0.15, -0.1) is 0 Å². The van der Waals surface area contributed by atoms with Gasteiger partial charge in [0, 0.05) is 12.3 Å². The number of epoxide rings is 1. The van der Waals surface area contributed by atoms with Crippen molar-refractivity contribution in [3.8, 4) is 0 Å². The number of hydrogen-bond donors (Lipinski definition) is 0. The van der Waals surface area contributed by atoms with Crippen LogP contribution in [0.4, 0.5) is 0 Å². The van der Waals surface area contributed by atoms with Gasteiger partial charge in [-0.05, 0) is 43.9 Å². The van der Waals surface area contributed by atoms with Crippen molar-refractivity contribution in [1.29, 1.82) is 0 Å². The maximum absolute atomic E-state index is 12.1. The number of carbonyl (C=O) groups is 1. The van der Waals surface area contributed by atoms with Crippen molar-refractivity contribution in [3.05, 3.63) is 0 Å². The molecule has 3 rings (SSSR count). The van der Waals surface area contributed by atoms with Gasteiger partial charge in [0.05, 0.1) is 11.7 Å². The normalized spacial score (nSPS) is 50.2. The minimum absolute atomic E-state index is 0.112. The maximum Gasteiger partial charge on any atom is 0.136 e. The number of carbonyl (C=O) groups excluding carboxylic acids is 1. The van der Waals surface area contributed by atoms with Crippen LogP contribution in [0, 0.1) is 17.3 Å². The summed E-state index contributed by atoms with van der Waals surface area (Å²) >= 11 is 0. The molecule has 2 saturated carbocycles. The van der Waals surface area contributed by atoms with Gasteiger partial charge in [-0.25, -0.2) is 0 Å². The van der Waals surface area contributed by atoms with Crippen LogP contribution in [-0.4, -0.2) is 17.5 Å². The zero-order valence-corrected chi connectivity index (χ0v) is 10.6. The summed E-state index contributed by atoms with van der Waals surface area (Å²) in [6.07, 6.45) is 5.51. The number of rotatable bonds is 0. The molecular formula is C14H22O2. The van der Waals surface area contributed by atoms with E-state index in [1.54, 1.807) is 0 Å². The molecule has 0 N–H and O–H groups in total. The van der Waals surface area contributed by atoms with Crippen LogP contribution in [0.5, 0.6) is 0 Å². The van der Waals surface area contributed by atoms with Crippen molar-refractivity contribution in [2.45, 2.75) is 64.6 Å². The van der Waals surface area contributed by atoms with E-state index >= 15 is 0 Å². The van der Waals surface area contributed by atoms with Gasteiger partial charge in [-0.3, -0.25) is 4.79 Å². The minimum atomic E-state index is 0.112. The fourth-order valence-electron chi connectivity index (χ4n) is 3.95. The molecule has 16 heavy (non-hydrogen) atoms. The Morgan fingerprint density at radius 2 is 2.00 bits per heavy atom. The second-order valence-electron chi connectivity index (χ2n) is 6.87. The number of ether oxygens (including phenoxy) is 1. The van der Waals surface area contributed by atoms with Gasteiger partial charge in [0.1, 0.15) is 5.78 Å². The fourth-order valence-corrected chi connectivity index (χ4v) is 3.95. The molecule has 1 unspecified atom stereocenters. The van der Waals surface area contributed by atoms with Gasteiger partial charge in [-0.2, -0.15) is 0 Å². The molecule has 0 aromatic heterocycles. The van der Waals surface area contributed by atoms with Crippen LogP contribution in [0.25, 0.3) is 0 Å². The summed E-state index contributed by atoms with van der Waals surface area (Å²) in [6.45, 7) is 6.84. The monoisotopic (exact) mass is 222 g/mol. The van der Waals surface area contributed by atoms with Crippen molar-refractivity contribution in [2.75, 3.05) is 0 Å². The van der Waals surface area contributed by atoms with Gasteiger partial charge in [-0.1, -0.05) is 13.8 Å². The van der Waals surface area contributed by atoms with Crippen molar-refractivity contribution in [2.24, 2.45) is 17.3 Å². The van der Waals surface area contributed by atoms with Gasteiger partial charge in [0.25, 0.3) is 0 Å². The molecule has 3 fully saturated rings. The highest BCUT2D eigenvalue weighted by molar-refractivity contribution is 5.82. The summed E-state index contributed by atoms with van der Waals surface area (Å²) in [4.78, 5) is 12.1. The van der Waals surface area contributed by atoms with Gasteiger partial charge < -0.3 is 4.74 Å². The van der Waals surface area contributed by atoms with E-state index in [9.17, 15) is 4.79 Å². The average molecular weight is 222 g/mol. The zero-order chi connectivity index (χ0) is 11.6. The minimum Gasteiger partial charge on any atom is -0.366 e. The molecule has 0 radical (unpaired) electrons. The lowest BCUT2D eigenvalue weighted by Gasteiger charge is -2.51. The van der Waals surface area contributed by atoms with E-state index in [1.165, 1.54) is 6.42 Å². The Morgan fingerprint density at radius 3 is 2.69 bits per heavy atom. The van der Waals surface area contributed by atoms with E-state index in [4.69, 9.17) is 4.74 Å². The summed E-state index contributed by atoms with van der Waals surface area (Å²) < 4.78 is 5.75. The highest BCUT2D eigenvalue weighted by atomic mass is 16.6. The quantitative estimate of drug-likeness (QED) is 0.590. The Kier molecular flexibility index (Phi) is 2.08. The fraction of sp³-hybridized carbons (Fsp3) is 0.929.